The van der Waals surface area contributed by atoms with Gasteiger partial charge < -0.3 is 5.73 Å². The Morgan fingerprint density at radius 1 is 1.31 bits per heavy atom. The van der Waals surface area contributed by atoms with E-state index in [1.54, 1.807) is 12.1 Å². The Bertz CT molecular complexity index is 278. The van der Waals surface area contributed by atoms with E-state index >= 15 is 0 Å². The topological polar surface area (TPSA) is 26.0 Å². The summed E-state index contributed by atoms with van der Waals surface area (Å²) in [6.07, 6.45) is -2.27. The fourth-order valence-corrected chi connectivity index (χ4v) is 1.45. The molecule has 1 atom stereocenters. The molecule has 0 bridgehead atoms. The maximum atomic E-state index is 12.1. The van der Waals surface area contributed by atoms with Crippen molar-refractivity contribution in [2.45, 2.75) is 18.9 Å². The molecule has 0 aliphatic rings. The molecule has 13 heavy (non-hydrogen) atoms. The van der Waals surface area contributed by atoms with Crippen molar-refractivity contribution in [3.8, 4) is 0 Å². The van der Waals surface area contributed by atoms with Gasteiger partial charge in [-0.25, -0.2) is 8.78 Å². The minimum absolute atomic E-state index is 0.194. The van der Waals surface area contributed by atoms with E-state index in [4.69, 9.17) is 5.73 Å². The standard InChI is InChI=1S/C9H10BrF2N/c10-7-4-2-1-3-6(7)5-8(13)9(11)12/h1-4,8-9H,5,13H2. The van der Waals surface area contributed by atoms with Crippen LogP contribution in [0.1, 0.15) is 5.56 Å². The molecule has 1 rings (SSSR count). The maximum absolute atomic E-state index is 12.1. The minimum atomic E-state index is -2.47. The SMILES string of the molecule is NC(Cc1ccccc1Br)C(F)F. The van der Waals surface area contributed by atoms with Crippen molar-refractivity contribution >= 4 is 15.9 Å². The second-order valence-electron chi connectivity index (χ2n) is 2.79. The second-order valence-corrected chi connectivity index (χ2v) is 3.65. The lowest BCUT2D eigenvalue weighted by Gasteiger charge is -2.11. The molecule has 0 spiro atoms. The van der Waals surface area contributed by atoms with E-state index in [-0.39, 0.29) is 6.42 Å². The molecule has 0 saturated heterocycles. The van der Waals surface area contributed by atoms with E-state index in [9.17, 15) is 8.78 Å². The molecule has 0 saturated carbocycles. The smallest absolute Gasteiger partial charge is 0.253 e. The van der Waals surface area contributed by atoms with Gasteiger partial charge >= 0.3 is 0 Å². The Balaban J connectivity index is 2.69. The van der Waals surface area contributed by atoms with Gasteiger partial charge in [0.15, 0.2) is 0 Å². The third-order valence-electron chi connectivity index (χ3n) is 1.74. The van der Waals surface area contributed by atoms with Crippen LogP contribution in [-0.4, -0.2) is 12.5 Å². The predicted molar refractivity (Wildman–Crippen MR) is 51.8 cm³/mol. The van der Waals surface area contributed by atoms with Crippen LogP contribution in [0.15, 0.2) is 28.7 Å². The first kappa shape index (κ1) is 10.6. The molecule has 2 N–H and O–H groups in total. The van der Waals surface area contributed by atoms with Gasteiger partial charge in [0.25, 0.3) is 6.43 Å². The predicted octanol–water partition coefficient (Wildman–Crippen LogP) is 2.58. The van der Waals surface area contributed by atoms with Crippen LogP contribution < -0.4 is 5.73 Å². The van der Waals surface area contributed by atoms with Gasteiger partial charge in [0.1, 0.15) is 0 Å². The van der Waals surface area contributed by atoms with Crippen molar-refractivity contribution in [1.82, 2.24) is 0 Å². The zero-order chi connectivity index (χ0) is 9.84. The van der Waals surface area contributed by atoms with Crippen molar-refractivity contribution in [3.05, 3.63) is 34.3 Å². The van der Waals surface area contributed by atoms with Gasteiger partial charge in [0.2, 0.25) is 0 Å². The van der Waals surface area contributed by atoms with Crippen LogP contribution in [0.4, 0.5) is 8.78 Å². The Hall–Kier alpha value is -0.480. The van der Waals surface area contributed by atoms with Crippen molar-refractivity contribution in [3.63, 3.8) is 0 Å². The van der Waals surface area contributed by atoms with Gasteiger partial charge in [-0.3, -0.25) is 0 Å². The summed E-state index contributed by atoms with van der Waals surface area (Å²) in [5, 5.41) is 0. The Labute approximate surface area is 84.1 Å². The van der Waals surface area contributed by atoms with Gasteiger partial charge in [0.05, 0.1) is 6.04 Å². The highest BCUT2D eigenvalue weighted by Gasteiger charge is 2.16. The molecule has 0 aliphatic carbocycles. The summed E-state index contributed by atoms with van der Waals surface area (Å²) >= 11 is 3.27. The Morgan fingerprint density at radius 3 is 2.46 bits per heavy atom. The molecule has 1 aromatic carbocycles. The van der Waals surface area contributed by atoms with E-state index in [1.807, 2.05) is 12.1 Å². The van der Waals surface area contributed by atoms with Crippen molar-refractivity contribution in [1.29, 1.82) is 0 Å². The molecule has 0 aromatic heterocycles. The first-order chi connectivity index (χ1) is 6.11. The summed E-state index contributed by atoms with van der Waals surface area (Å²) in [6, 6.07) is 6.15. The van der Waals surface area contributed by atoms with Crippen LogP contribution in [-0.2, 0) is 6.42 Å². The number of alkyl halides is 2. The van der Waals surface area contributed by atoms with Gasteiger partial charge in [-0.15, -0.1) is 0 Å². The lowest BCUT2D eigenvalue weighted by Crippen LogP contribution is -2.30. The van der Waals surface area contributed by atoms with Crippen molar-refractivity contribution in [2.75, 3.05) is 0 Å². The molecule has 0 aliphatic heterocycles. The summed E-state index contributed by atoms with van der Waals surface area (Å²) in [5.41, 5.74) is 6.06. The number of hydrogen-bond donors (Lipinski definition) is 1. The molecule has 0 heterocycles. The van der Waals surface area contributed by atoms with Gasteiger partial charge in [0, 0.05) is 4.47 Å². The molecular formula is C9H10BrF2N. The lowest BCUT2D eigenvalue weighted by molar-refractivity contribution is 0.116. The normalized spacial score (nSPS) is 13.3. The monoisotopic (exact) mass is 249 g/mol. The summed E-state index contributed by atoms with van der Waals surface area (Å²) in [7, 11) is 0. The summed E-state index contributed by atoms with van der Waals surface area (Å²) in [4.78, 5) is 0. The molecule has 1 nitrogen and oxygen atoms in total. The first-order valence-corrected chi connectivity index (χ1v) is 4.67. The Morgan fingerprint density at radius 2 is 1.92 bits per heavy atom. The van der Waals surface area contributed by atoms with E-state index in [1.165, 1.54) is 0 Å². The van der Waals surface area contributed by atoms with Crippen LogP contribution in [0.5, 0.6) is 0 Å². The highest BCUT2D eigenvalue weighted by molar-refractivity contribution is 9.10. The number of hydrogen-bond acceptors (Lipinski definition) is 1. The lowest BCUT2D eigenvalue weighted by atomic mass is 10.1. The second kappa shape index (κ2) is 4.67. The summed E-state index contributed by atoms with van der Waals surface area (Å²) in [6.45, 7) is 0. The van der Waals surface area contributed by atoms with Gasteiger partial charge in [-0.1, -0.05) is 34.1 Å². The number of rotatable bonds is 3. The summed E-state index contributed by atoms with van der Waals surface area (Å²) < 4.78 is 25.0. The largest absolute Gasteiger partial charge is 0.323 e. The van der Waals surface area contributed by atoms with E-state index in [0.29, 0.717) is 0 Å². The van der Waals surface area contributed by atoms with Crippen LogP contribution in [0.25, 0.3) is 0 Å². The van der Waals surface area contributed by atoms with Gasteiger partial charge in [-0.2, -0.15) is 0 Å². The molecule has 72 valence electrons. The fraction of sp³-hybridized carbons (Fsp3) is 0.333. The Kier molecular flexibility index (Phi) is 3.81. The highest BCUT2D eigenvalue weighted by atomic mass is 79.9. The van der Waals surface area contributed by atoms with E-state index in [0.717, 1.165) is 10.0 Å². The van der Waals surface area contributed by atoms with Crippen LogP contribution in [0, 0.1) is 0 Å². The number of halogens is 3. The average molecular weight is 250 g/mol. The number of benzene rings is 1. The molecule has 1 unspecified atom stereocenters. The highest BCUT2D eigenvalue weighted by Crippen LogP contribution is 2.18. The first-order valence-electron chi connectivity index (χ1n) is 3.88. The molecule has 0 amide bonds. The van der Waals surface area contributed by atoms with E-state index < -0.39 is 12.5 Å². The molecule has 1 aromatic rings. The number of nitrogens with two attached hydrogens (primary N) is 1. The van der Waals surface area contributed by atoms with Crippen molar-refractivity contribution < 1.29 is 8.78 Å². The minimum Gasteiger partial charge on any atom is -0.323 e. The fourth-order valence-electron chi connectivity index (χ4n) is 1.01. The van der Waals surface area contributed by atoms with Crippen LogP contribution in [0.2, 0.25) is 0 Å². The maximum Gasteiger partial charge on any atom is 0.253 e. The quantitative estimate of drug-likeness (QED) is 0.876. The third kappa shape index (κ3) is 3.04. The van der Waals surface area contributed by atoms with Crippen LogP contribution >= 0.6 is 15.9 Å². The molecular weight excluding hydrogens is 240 g/mol. The average Bonchev–Trinajstić information content (AvgIpc) is 2.08. The molecule has 0 fully saturated rings. The zero-order valence-corrected chi connectivity index (χ0v) is 8.47. The molecule has 0 radical (unpaired) electrons. The zero-order valence-electron chi connectivity index (χ0n) is 6.88. The van der Waals surface area contributed by atoms with Crippen molar-refractivity contribution in [2.24, 2.45) is 5.73 Å². The molecule has 4 heteroatoms. The van der Waals surface area contributed by atoms with Gasteiger partial charge in [-0.05, 0) is 18.1 Å². The third-order valence-corrected chi connectivity index (χ3v) is 2.51. The van der Waals surface area contributed by atoms with Crippen LogP contribution in [0.3, 0.4) is 0 Å². The van der Waals surface area contributed by atoms with E-state index in [2.05, 4.69) is 15.9 Å². The summed E-state index contributed by atoms with van der Waals surface area (Å²) in [5.74, 6) is 0.